The highest BCUT2D eigenvalue weighted by Gasteiger charge is 2.45. The van der Waals surface area contributed by atoms with Crippen LogP contribution in [0.5, 0.6) is 0 Å². The Morgan fingerprint density at radius 3 is 2.82 bits per heavy atom. The minimum Gasteiger partial charge on any atom is -0.459 e. The Labute approximate surface area is 103 Å². The minimum atomic E-state index is -1.34. The van der Waals surface area contributed by atoms with Crippen molar-refractivity contribution < 1.29 is 14.6 Å². The third kappa shape index (κ3) is 2.33. The van der Waals surface area contributed by atoms with Gasteiger partial charge in [0.25, 0.3) is 0 Å². The second-order valence-corrected chi connectivity index (χ2v) is 5.62. The highest BCUT2D eigenvalue weighted by Crippen LogP contribution is 2.36. The number of ether oxygens (including phenoxy) is 1. The van der Waals surface area contributed by atoms with Crippen molar-refractivity contribution in [3.8, 4) is 0 Å². The first-order valence-electron chi connectivity index (χ1n) is 6.61. The van der Waals surface area contributed by atoms with Gasteiger partial charge in [-0.05, 0) is 33.2 Å². The number of rotatable bonds is 3. The summed E-state index contributed by atoms with van der Waals surface area (Å²) in [4.78, 5) is 14.2. The maximum absolute atomic E-state index is 11.9. The van der Waals surface area contributed by atoms with Crippen LogP contribution in [0, 0.1) is 0 Å². The molecule has 2 saturated heterocycles. The van der Waals surface area contributed by atoms with E-state index in [2.05, 4.69) is 11.9 Å². The summed E-state index contributed by atoms with van der Waals surface area (Å²) in [5.74, 6) is -0.467. The van der Waals surface area contributed by atoms with Crippen LogP contribution >= 0.6 is 0 Å². The number of nitrogens with zero attached hydrogens (tertiary/aromatic N) is 1. The summed E-state index contributed by atoms with van der Waals surface area (Å²) in [6.07, 6.45) is 4.80. The zero-order valence-corrected chi connectivity index (χ0v) is 11.0. The predicted octanol–water partition coefficient (Wildman–Crippen LogP) is 1.32. The van der Waals surface area contributed by atoms with E-state index >= 15 is 0 Å². The molecule has 0 amide bonds. The van der Waals surface area contributed by atoms with Gasteiger partial charge < -0.3 is 9.84 Å². The van der Waals surface area contributed by atoms with Gasteiger partial charge in [-0.3, -0.25) is 4.90 Å². The summed E-state index contributed by atoms with van der Waals surface area (Å²) in [5.41, 5.74) is -1.34. The lowest BCUT2D eigenvalue weighted by molar-refractivity contribution is -0.170. The van der Waals surface area contributed by atoms with Crippen molar-refractivity contribution >= 4 is 5.97 Å². The molecule has 0 aromatic heterocycles. The van der Waals surface area contributed by atoms with Gasteiger partial charge in [-0.2, -0.15) is 0 Å². The van der Waals surface area contributed by atoms with Gasteiger partial charge in [0.2, 0.25) is 0 Å². The van der Waals surface area contributed by atoms with Crippen LogP contribution in [0.15, 0.2) is 0 Å². The molecule has 98 valence electrons. The SMILES string of the molecule is CCC(C)(O)C(=O)OC1CC2CCCC1N2C. The molecule has 4 nitrogen and oxygen atoms in total. The zero-order valence-electron chi connectivity index (χ0n) is 11.0. The van der Waals surface area contributed by atoms with Crippen LogP contribution < -0.4 is 0 Å². The molecule has 2 rings (SSSR count). The lowest BCUT2D eigenvalue weighted by atomic mass is 10.0. The predicted molar refractivity (Wildman–Crippen MR) is 64.6 cm³/mol. The lowest BCUT2D eigenvalue weighted by Crippen LogP contribution is -2.43. The fourth-order valence-corrected chi connectivity index (χ4v) is 2.93. The van der Waals surface area contributed by atoms with Crippen LogP contribution in [0.3, 0.4) is 0 Å². The van der Waals surface area contributed by atoms with E-state index in [0.717, 1.165) is 12.8 Å². The monoisotopic (exact) mass is 241 g/mol. The van der Waals surface area contributed by atoms with Gasteiger partial charge in [0.05, 0.1) is 0 Å². The number of carbonyl (C=O) groups is 1. The highest BCUT2D eigenvalue weighted by molar-refractivity contribution is 5.78. The summed E-state index contributed by atoms with van der Waals surface area (Å²) in [5, 5.41) is 9.87. The first-order chi connectivity index (χ1) is 7.95. The van der Waals surface area contributed by atoms with Crippen molar-refractivity contribution in [3.63, 3.8) is 0 Å². The molecule has 0 aliphatic carbocycles. The summed E-state index contributed by atoms with van der Waals surface area (Å²) in [7, 11) is 2.11. The zero-order chi connectivity index (χ0) is 12.6. The average molecular weight is 241 g/mol. The van der Waals surface area contributed by atoms with Crippen molar-refractivity contribution in [2.45, 2.75) is 69.7 Å². The molecule has 0 saturated carbocycles. The fourth-order valence-electron chi connectivity index (χ4n) is 2.93. The Kier molecular flexibility index (Phi) is 3.46. The molecule has 17 heavy (non-hydrogen) atoms. The van der Waals surface area contributed by atoms with Crippen LogP contribution in [-0.4, -0.2) is 46.8 Å². The third-order valence-electron chi connectivity index (χ3n) is 4.46. The normalized spacial score (nSPS) is 36.6. The molecule has 0 aromatic carbocycles. The quantitative estimate of drug-likeness (QED) is 0.757. The number of likely N-dealkylation sites (N-methyl/N-ethyl adjacent to an activating group) is 1. The van der Waals surface area contributed by atoms with E-state index in [9.17, 15) is 9.90 Å². The number of fused-ring (bicyclic) bond motifs is 2. The molecule has 2 bridgehead atoms. The third-order valence-corrected chi connectivity index (χ3v) is 4.46. The van der Waals surface area contributed by atoms with E-state index in [0.29, 0.717) is 18.5 Å². The minimum absolute atomic E-state index is 0.0296. The number of aliphatic hydroxyl groups is 1. The maximum atomic E-state index is 11.9. The maximum Gasteiger partial charge on any atom is 0.338 e. The Hall–Kier alpha value is -0.610. The lowest BCUT2D eigenvalue weighted by Gasteiger charge is -2.32. The highest BCUT2D eigenvalue weighted by atomic mass is 16.6. The van der Waals surface area contributed by atoms with Crippen LogP contribution in [0.25, 0.3) is 0 Å². The van der Waals surface area contributed by atoms with E-state index in [1.54, 1.807) is 6.92 Å². The summed E-state index contributed by atoms with van der Waals surface area (Å²) >= 11 is 0. The van der Waals surface area contributed by atoms with Gasteiger partial charge in [-0.25, -0.2) is 4.79 Å². The molecule has 2 heterocycles. The number of hydrogen-bond acceptors (Lipinski definition) is 4. The Balaban J connectivity index is 1.99. The number of piperidine rings is 1. The van der Waals surface area contributed by atoms with Gasteiger partial charge in [0.15, 0.2) is 5.60 Å². The molecule has 2 aliphatic rings. The molecular formula is C13H23NO3. The second kappa shape index (κ2) is 4.58. The van der Waals surface area contributed by atoms with Crippen LogP contribution in [0.4, 0.5) is 0 Å². The van der Waals surface area contributed by atoms with Gasteiger partial charge in [0, 0.05) is 18.5 Å². The first kappa shape index (κ1) is 12.8. The van der Waals surface area contributed by atoms with Gasteiger partial charge in [0.1, 0.15) is 6.10 Å². The van der Waals surface area contributed by atoms with E-state index < -0.39 is 11.6 Å². The fraction of sp³-hybridized carbons (Fsp3) is 0.923. The number of esters is 1. The van der Waals surface area contributed by atoms with Gasteiger partial charge >= 0.3 is 5.97 Å². The van der Waals surface area contributed by atoms with Crippen molar-refractivity contribution in [3.05, 3.63) is 0 Å². The Morgan fingerprint density at radius 1 is 1.53 bits per heavy atom. The molecule has 2 fully saturated rings. The Bertz CT molecular complexity index is 303. The van der Waals surface area contributed by atoms with Crippen molar-refractivity contribution in [1.29, 1.82) is 0 Å². The molecular weight excluding hydrogens is 218 g/mol. The molecule has 0 radical (unpaired) electrons. The summed E-state index contributed by atoms with van der Waals surface area (Å²) < 4.78 is 5.52. The topological polar surface area (TPSA) is 49.8 Å². The molecule has 4 atom stereocenters. The molecule has 0 aromatic rings. The van der Waals surface area contributed by atoms with Gasteiger partial charge in [-0.15, -0.1) is 0 Å². The Morgan fingerprint density at radius 2 is 2.24 bits per heavy atom. The van der Waals surface area contributed by atoms with E-state index in [-0.39, 0.29) is 6.10 Å². The van der Waals surface area contributed by atoms with Gasteiger partial charge in [-0.1, -0.05) is 13.3 Å². The van der Waals surface area contributed by atoms with Crippen molar-refractivity contribution in [2.24, 2.45) is 0 Å². The number of hydrogen-bond donors (Lipinski definition) is 1. The summed E-state index contributed by atoms with van der Waals surface area (Å²) in [6, 6.07) is 0.906. The average Bonchev–Trinajstić information content (AvgIpc) is 2.50. The van der Waals surface area contributed by atoms with E-state index in [4.69, 9.17) is 4.74 Å². The largest absolute Gasteiger partial charge is 0.459 e. The summed E-state index contributed by atoms with van der Waals surface area (Å²) in [6.45, 7) is 3.32. The molecule has 1 N–H and O–H groups in total. The standard InChI is InChI=1S/C13H23NO3/c1-4-13(2,16)12(15)17-11-8-9-6-5-7-10(11)14(9)3/h9-11,16H,4-8H2,1-3H3. The smallest absolute Gasteiger partial charge is 0.338 e. The van der Waals surface area contributed by atoms with Crippen LogP contribution in [-0.2, 0) is 9.53 Å². The van der Waals surface area contributed by atoms with Crippen LogP contribution in [0.1, 0.15) is 46.0 Å². The van der Waals surface area contributed by atoms with Crippen molar-refractivity contribution in [1.82, 2.24) is 4.90 Å². The molecule has 4 unspecified atom stereocenters. The first-order valence-corrected chi connectivity index (χ1v) is 6.61. The molecule has 0 spiro atoms. The second-order valence-electron chi connectivity index (χ2n) is 5.62. The van der Waals surface area contributed by atoms with E-state index in [1.807, 2.05) is 0 Å². The molecule has 4 heteroatoms. The molecule has 2 aliphatic heterocycles. The van der Waals surface area contributed by atoms with E-state index in [1.165, 1.54) is 19.8 Å². The number of carbonyl (C=O) groups excluding carboxylic acids is 1. The van der Waals surface area contributed by atoms with Crippen LogP contribution in [0.2, 0.25) is 0 Å². The van der Waals surface area contributed by atoms with Crippen molar-refractivity contribution in [2.75, 3.05) is 7.05 Å².